The van der Waals surface area contributed by atoms with Gasteiger partial charge in [-0.1, -0.05) is 6.92 Å². The highest BCUT2D eigenvalue weighted by Crippen LogP contribution is 2.73. The summed E-state index contributed by atoms with van der Waals surface area (Å²) in [5.41, 5.74) is 4.19. The van der Waals surface area contributed by atoms with E-state index < -0.39 is 5.41 Å². The molecule has 23 heavy (non-hydrogen) atoms. The molecular formula is C19H18O4. The lowest BCUT2D eigenvalue weighted by atomic mass is 9.50. The quantitative estimate of drug-likeness (QED) is 0.688. The van der Waals surface area contributed by atoms with Gasteiger partial charge in [0.1, 0.15) is 6.10 Å². The average molecular weight is 310 g/mol. The van der Waals surface area contributed by atoms with Crippen molar-refractivity contribution in [2.75, 3.05) is 0 Å². The van der Waals surface area contributed by atoms with Gasteiger partial charge in [0.05, 0.1) is 17.6 Å². The van der Waals surface area contributed by atoms with E-state index >= 15 is 0 Å². The molecule has 1 saturated carbocycles. The topological polar surface area (TPSA) is 52.6 Å². The van der Waals surface area contributed by atoms with Crippen LogP contribution in [0.4, 0.5) is 0 Å². The Balaban J connectivity index is 1.78. The second-order valence-corrected chi connectivity index (χ2v) is 8.00. The fourth-order valence-electron chi connectivity index (χ4n) is 6.56. The third kappa shape index (κ3) is 1.11. The molecule has 118 valence electrons. The van der Waals surface area contributed by atoms with Crippen LogP contribution in [0, 0.1) is 24.2 Å². The summed E-state index contributed by atoms with van der Waals surface area (Å²) < 4.78 is 12.3. The van der Waals surface area contributed by atoms with E-state index in [2.05, 4.69) is 6.92 Å². The number of aryl methyl sites for hydroxylation is 2. The lowest BCUT2D eigenvalue weighted by Gasteiger charge is -2.57. The summed E-state index contributed by atoms with van der Waals surface area (Å²) in [6.07, 6.45) is 1.47. The Labute approximate surface area is 133 Å². The molecule has 4 bridgehead atoms. The van der Waals surface area contributed by atoms with Crippen molar-refractivity contribution in [3.05, 3.63) is 44.6 Å². The molecule has 4 heteroatoms. The minimum Gasteiger partial charge on any atom is -0.459 e. The van der Waals surface area contributed by atoms with E-state index in [1.807, 2.05) is 6.92 Å². The van der Waals surface area contributed by atoms with Gasteiger partial charge in [0.2, 0.25) is 0 Å². The molecule has 1 aromatic carbocycles. The zero-order chi connectivity index (χ0) is 15.7. The van der Waals surface area contributed by atoms with Crippen LogP contribution in [-0.2, 0) is 20.7 Å². The molecule has 1 aromatic rings. The maximum atomic E-state index is 12.9. The summed E-state index contributed by atoms with van der Waals surface area (Å²) >= 11 is 0. The molecule has 3 heterocycles. The number of fused-ring (bicyclic) bond motifs is 2. The van der Waals surface area contributed by atoms with Crippen molar-refractivity contribution in [2.24, 2.45) is 17.3 Å². The SMILES string of the molecule is Cc1cc(=O)cc2c3c1C1OC4C(C)[C@@]5(CC2)C(=O)O[C@@H]4[C@@H]1[C@@H]35. The molecule has 3 aliphatic carbocycles. The van der Waals surface area contributed by atoms with Crippen LogP contribution in [0.3, 0.4) is 0 Å². The Hall–Kier alpha value is -1.68. The largest absolute Gasteiger partial charge is 0.459 e. The van der Waals surface area contributed by atoms with Crippen molar-refractivity contribution in [3.8, 4) is 0 Å². The van der Waals surface area contributed by atoms with Gasteiger partial charge in [0.15, 0.2) is 5.43 Å². The zero-order valence-electron chi connectivity index (χ0n) is 13.2. The molecule has 0 amide bonds. The predicted molar refractivity (Wildman–Crippen MR) is 81.1 cm³/mol. The number of carbonyl (C=O) groups is 1. The molecule has 0 radical (unpaired) electrons. The fourth-order valence-corrected chi connectivity index (χ4v) is 6.56. The molecule has 6 aliphatic rings. The fraction of sp³-hybridized carbons (Fsp3) is 0.579. The van der Waals surface area contributed by atoms with Crippen LogP contribution in [0.5, 0.6) is 0 Å². The maximum Gasteiger partial charge on any atom is 0.313 e. The number of esters is 1. The van der Waals surface area contributed by atoms with Gasteiger partial charge in [0, 0.05) is 17.8 Å². The molecule has 4 nitrogen and oxygen atoms in total. The van der Waals surface area contributed by atoms with E-state index in [9.17, 15) is 9.59 Å². The summed E-state index contributed by atoms with van der Waals surface area (Å²) in [6, 6.07) is 3.52. The van der Waals surface area contributed by atoms with Gasteiger partial charge in [-0.25, -0.2) is 0 Å². The predicted octanol–water partition coefficient (Wildman–Crippen LogP) is 2.02. The highest BCUT2D eigenvalue weighted by atomic mass is 16.6. The Morgan fingerprint density at radius 2 is 2.00 bits per heavy atom. The van der Waals surface area contributed by atoms with Gasteiger partial charge in [-0.05, 0) is 54.2 Å². The lowest BCUT2D eigenvalue weighted by molar-refractivity contribution is -0.215. The molecular weight excluding hydrogens is 292 g/mol. The van der Waals surface area contributed by atoms with E-state index in [1.54, 1.807) is 12.1 Å². The first-order valence-electron chi connectivity index (χ1n) is 8.58. The van der Waals surface area contributed by atoms with Gasteiger partial charge >= 0.3 is 5.97 Å². The number of carbonyl (C=O) groups excluding carboxylic acids is 1. The van der Waals surface area contributed by atoms with Crippen LogP contribution in [-0.4, -0.2) is 18.2 Å². The number of ether oxygens (including phenoxy) is 2. The molecule has 7 rings (SSSR count). The first-order valence-corrected chi connectivity index (χ1v) is 8.58. The summed E-state index contributed by atoms with van der Waals surface area (Å²) in [5, 5.41) is 0. The van der Waals surface area contributed by atoms with Gasteiger partial charge in [-0.2, -0.15) is 0 Å². The maximum absolute atomic E-state index is 12.9. The standard InChI is InChI=1S/C19H18O4/c1-7-5-10(20)6-9-3-4-19-8(2)15-17(23-18(19)21)13-14(19)12(9)11(7)16(13)22-15/h5-6,8,13-17H,3-4H2,1-2H3/t8?,13-,14-,15?,16?,17-,19-/m1/s1. The molecule has 0 N–H and O–H groups in total. The molecule has 3 unspecified atom stereocenters. The first-order chi connectivity index (χ1) is 11.0. The monoisotopic (exact) mass is 310 g/mol. The van der Waals surface area contributed by atoms with Gasteiger partial charge in [0.25, 0.3) is 0 Å². The molecule has 3 saturated heterocycles. The Morgan fingerprint density at radius 3 is 2.83 bits per heavy atom. The molecule has 0 aromatic heterocycles. The molecule has 7 atom stereocenters. The van der Waals surface area contributed by atoms with Crippen LogP contribution in [0.1, 0.15) is 47.6 Å². The highest BCUT2D eigenvalue weighted by molar-refractivity contribution is 5.83. The minimum atomic E-state index is -0.444. The van der Waals surface area contributed by atoms with Crippen molar-refractivity contribution < 1.29 is 14.3 Å². The van der Waals surface area contributed by atoms with Crippen molar-refractivity contribution >= 4 is 5.97 Å². The van der Waals surface area contributed by atoms with Crippen LogP contribution >= 0.6 is 0 Å². The van der Waals surface area contributed by atoms with Crippen molar-refractivity contribution in [2.45, 2.75) is 50.9 Å². The van der Waals surface area contributed by atoms with Gasteiger partial charge in [-0.15, -0.1) is 0 Å². The van der Waals surface area contributed by atoms with Gasteiger partial charge in [-0.3, -0.25) is 9.59 Å². The Morgan fingerprint density at radius 1 is 1.17 bits per heavy atom. The second-order valence-electron chi connectivity index (χ2n) is 8.00. The third-order valence-corrected chi connectivity index (χ3v) is 7.36. The van der Waals surface area contributed by atoms with Crippen molar-refractivity contribution in [3.63, 3.8) is 0 Å². The van der Waals surface area contributed by atoms with E-state index in [1.165, 1.54) is 11.1 Å². The summed E-state index contributed by atoms with van der Waals surface area (Å²) in [6.45, 7) is 4.17. The van der Waals surface area contributed by atoms with E-state index in [0.29, 0.717) is 0 Å². The summed E-state index contributed by atoms with van der Waals surface area (Å²) in [4.78, 5) is 25.0. The average Bonchev–Trinajstić information content (AvgIpc) is 2.95. The van der Waals surface area contributed by atoms with Crippen LogP contribution in [0.25, 0.3) is 0 Å². The highest BCUT2D eigenvalue weighted by Gasteiger charge is 2.76. The summed E-state index contributed by atoms with van der Waals surface area (Å²) in [5.74, 6) is 0.594. The van der Waals surface area contributed by atoms with Crippen LogP contribution in [0.2, 0.25) is 0 Å². The molecule has 1 spiro atoms. The smallest absolute Gasteiger partial charge is 0.313 e. The minimum absolute atomic E-state index is 0.00826. The van der Waals surface area contributed by atoms with E-state index in [-0.39, 0.29) is 47.5 Å². The number of hydrogen-bond donors (Lipinski definition) is 0. The number of hydrogen-bond acceptors (Lipinski definition) is 4. The molecule has 4 fully saturated rings. The summed E-state index contributed by atoms with van der Waals surface area (Å²) in [7, 11) is 0. The van der Waals surface area contributed by atoms with Gasteiger partial charge < -0.3 is 9.47 Å². The van der Waals surface area contributed by atoms with Crippen LogP contribution in [0.15, 0.2) is 16.9 Å². The first kappa shape index (κ1) is 12.7. The molecule has 3 aliphatic heterocycles. The van der Waals surface area contributed by atoms with E-state index in [4.69, 9.17) is 9.47 Å². The Kier molecular flexibility index (Phi) is 1.95. The van der Waals surface area contributed by atoms with Crippen LogP contribution < -0.4 is 5.43 Å². The number of rotatable bonds is 0. The van der Waals surface area contributed by atoms with Crippen molar-refractivity contribution in [1.29, 1.82) is 0 Å². The lowest BCUT2D eigenvalue weighted by Crippen LogP contribution is -2.64. The third-order valence-electron chi connectivity index (χ3n) is 7.36. The zero-order valence-corrected chi connectivity index (χ0v) is 13.2. The Bertz CT molecular complexity index is 859. The van der Waals surface area contributed by atoms with Crippen molar-refractivity contribution in [1.82, 2.24) is 0 Å². The van der Waals surface area contributed by atoms with E-state index in [0.717, 1.165) is 24.0 Å². The second kappa shape index (κ2) is 3.54. The normalized spacial score (nSPS) is 47.0.